The Morgan fingerprint density at radius 2 is 2.26 bits per heavy atom. The Bertz CT molecular complexity index is 467. The molecular weight excluding hydrogens is 248 g/mol. The number of Topliss-reactive ketones (excluding diaryl/α,β-unsaturated/α-hetero) is 1. The van der Waals surface area contributed by atoms with Gasteiger partial charge in [0.25, 0.3) is 0 Å². The number of carbonyl (C=O) groups excluding carboxylic acids is 2. The fraction of sp³-hybridized carbons (Fsp3) is 0.583. The van der Waals surface area contributed by atoms with Gasteiger partial charge in [-0.2, -0.15) is 15.3 Å². The zero-order chi connectivity index (χ0) is 14.3. The van der Waals surface area contributed by atoms with Gasteiger partial charge in [-0.05, 0) is 13.3 Å². The van der Waals surface area contributed by atoms with Gasteiger partial charge < -0.3 is 4.74 Å². The van der Waals surface area contributed by atoms with Crippen molar-refractivity contribution in [3.05, 3.63) is 12.4 Å². The van der Waals surface area contributed by atoms with Gasteiger partial charge in [0, 0.05) is 7.05 Å². The van der Waals surface area contributed by atoms with Gasteiger partial charge in [0.1, 0.15) is 5.69 Å². The van der Waals surface area contributed by atoms with E-state index in [2.05, 4.69) is 15.3 Å². The van der Waals surface area contributed by atoms with Crippen LogP contribution in [0.5, 0.6) is 0 Å². The number of hydrogen-bond donors (Lipinski definition) is 0. The molecule has 0 saturated heterocycles. The number of aryl methyl sites for hydroxylation is 1. The maximum absolute atomic E-state index is 11.7. The number of carbonyl (C=O) groups is 2. The number of nitrogens with zero attached hydrogens (tertiary/aromatic N) is 4. The predicted octanol–water partition coefficient (Wildman–Crippen LogP) is 1.80. The maximum atomic E-state index is 11.7. The Balaban J connectivity index is 2.64. The number of azo groups is 1. The normalized spacial score (nSPS) is 12.6. The number of aromatic nitrogens is 2. The Morgan fingerprint density at radius 1 is 1.53 bits per heavy atom. The van der Waals surface area contributed by atoms with Crippen LogP contribution in [0, 0.1) is 0 Å². The number of hydrogen-bond acceptors (Lipinski definition) is 6. The molecule has 1 aromatic rings. The summed E-state index contributed by atoms with van der Waals surface area (Å²) in [4.78, 5) is 23.0. The highest BCUT2D eigenvalue weighted by Gasteiger charge is 2.24. The molecule has 0 N–H and O–H groups in total. The lowest BCUT2D eigenvalue weighted by molar-refractivity contribution is -0.147. The molecule has 0 fully saturated rings. The van der Waals surface area contributed by atoms with E-state index in [1.165, 1.54) is 13.1 Å². The van der Waals surface area contributed by atoms with Crippen LogP contribution in [0.1, 0.15) is 26.7 Å². The van der Waals surface area contributed by atoms with E-state index in [-0.39, 0.29) is 0 Å². The van der Waals surface area contributed by atoms with E-state index in [4.69, 9.17) is 4.74 Å². The molecule has 1 rings (SSSR count). The molecule has 0 aliphatic rings. The monoisotopic (exact) mass is 266 g/mol. The number of ether oxygens (including phenoxy) is 1. The van der Waals surface area contributed by atoms with Crippen molar-refractivity contribution in [1.29, 1.82) is 0 Å². The van der Waals surface area contributed by atoms with Crippen LogP contribution >= 0.6 is 0 Å². The first-order valence-corrected chi connectivity index (χ1v) is 6.11. The zero-order valence-electron chi connectivity index (χ0n) is 11.4. The van der Waals surface area contributed by atoms with Crippen LogP contribution in [-0.4, -0.2) is 34.2 Å². The molecule has 0 amide bonds. The summed E-state index contributed by atoms with van der Waals surface area (Å²) >= 11 is 0. The highest BCUT2D eigenvalue weighted by atomic mass is 16.5. The van der Waals surface area contributed by atoms with Crippen molar-refractivity contribution in [1.82, 2.24) is 9.78 Å². The minimum absolute atomic E-state index is 0.293. The van der Waals surface area contributed by atoms with E-state index in [9.17, 15) is 9.59 Å². The molecule has 0 spiro atoms. The fourth-order valence-electron chi connectivity index (χ4n) is 1.27. The fourth-order valence-corrected chi connectivity index (χ4v) is 1.27. The van der Waals surface area contributed by atoms with Gasteiger partial charge in [-0.15, -0.1) is 0 Å². The second-order valence-electron chi connectivity index (χ2n) is 4.12. The van der Waals surface area contributed by atoms with Gasteiger partial charge in [0.2, 0.25) is 6.04 Å². The van der Waals surface area contributed by atoms with Gasteiger partial charge in [0.15, 0.2) is 5.78 Å². The summed E-state index contributed by atoms with van der Waals surface area (Å²) < 4.78 is 6.52. The molecule has 1 aromatic heterocycles. The first-order chi connectivity index (χ1) is 9.04. The Labute approximate surface area is 111 Å². The molecule has 7 heteroatoms. The molecule has 0 aliphatic carbocycles. The zero-order valence-corrected chi connectivity index (χ0v) is 11.4. The van der Waals surface area contributed by atoms with Gasteiger partial charge >= 0.3 is 5.97 Å². The molecular formula is C12H18N4O3. The van der Waals surface area contributed by atoms with Crippen LogP contribution in [0.2, 0.25) is 0 Å². The molecule has 1 atom stereocenters. The average molecular weight is 266 g/mol. The Kier molecular flexibility index (Phi) is 5.84. The molecule has 1 unspecified atom stereocenters. The van der Waals surface area contributed by atoms with Crippen LogP contribution < -0.4 is 0 Å². The van der Waals surface area contributed by atoms with Gasteiger partial charge in [-0.3, -0.25) is 9.48 Å². The third-order valence-corrected chi connectivity index (χ3v) is 2.33. The summed E-state index contributed by atoms with van der Waals surface area (Å²) in [6, 6.07) is -1.20. The quantitative estimate of drug-likeness (QED) is 0.326. The van der Waals surface area contributed by atoms with Crippen molar-refractivity contribution in [2.75, 3.05) is 6.61 Å². The summed E-state index contributed by atoms with van der Waals surface area (Å²) in [6.07, 6.45) is 4.79. The van der Waals surface area contributed by atoms with E-state index in [1.54, 1.807) is 17.9 Å². The van der Waals surface area contributed by atoms with Gasteiger partial charge in [0.05, 0.1) is 19.0 Å². The van der Waals surface area contributed by atoms with E-state index < -0.39 is 17.8 Å². The minimum atomic E-state index is -1.20. The molecule has 0 aliphatic heterocycles. The summed E-state index contributed by atoms with van der Waals surface area (Å²) in [5.41, 5.74) is 0.482. The van der Waals surface area contributed by atoms with Gasteiger partial charge in [-0.25, -0.2) is 4.79 Å². The summed E-state index contributed by atoms with van der Waals surface area (Å²) in [5, 5.41) is 11.5. The molecule has 19 heavy (non-hydrogen) atoms. The lowest BCUT2D eigenvalue weighted by atomic mass is 10.2. The second kappa shape index (κ2) is 7.40. The van der Waals surface area contributed by atoms with Crippen LogP contribution in [0.3, 0.4) is 0 Å². The number of ketones is 1. The van der Waals surface area contributed by atoms with Crippen molar-refractivity contribution < 1.29 is 14.3 Å². The minimum Gasteiger partial charge on any atom is -0.464 e. The molecule has 0 aromatic carbocycles. The molecule has 0 radical (unpaired) electrons. The first kappa shape index (κ1) is 15.0. The van der Waals surface area contributed by atoms with Crippen LogP contribution in [-0.2, 0) is 21.4 Å². The molecule has 1 heterocycles. The second-order valence-corrected chi connectivity index (χ2v) is 4.12. The summed E-state index contributed by atoms with van der Waals surface area (Å²) in [7, 11) is 1.74. The number of rotatable bonds is 7. The molecule has 7 nitrogen and oxygen atoms in total. The lowest BCUT2D eigenvalue weighted by Crippen LogP contribution is -2.28. The summed E-state index contributed by atoms with van der Waals surface area (Å²) in [5.74, 6) is -1.05. The maximum Gasteiger partial charge on any atom is 0.340 e. The van der Waals surface area contributed by atoms with Crippen molar-refractivity contribution in [2.45, 2.75) is 32.7 Å². The smallest absolute Gasteiger partial charge is 0.340 e. The predicted molar refractivity (Wildman–Crippen MR) is 68.1 cm³/mol. The Morgan fingerprint density at radius 3 is 2.79 bits per heavy atom. The highest BCUT2D eigenvalue weighted by molar-refractivity contribution is 6.02. The average Bonchev–Trinajstić information content (AvgIpc) is 2.75. The Hall–Kier alpha value is -2.05. The lowest BCUT2D eigenvalue weighted by Gasteiger charge is -2.07. The van der Waals surface area contributed by atoms with E-state index in [0.29, 0.717) is 12.3 Å². The third kappa shape index (κ3) is 4.99. The number of unbranched alkanes of at least 4 members (excludes halogenated alkanes) is 1. The van der Waals surface area contributed by atoms with Crippen molar-refractivity contribution >= 4 is 17.4 Å². The van der Waals surface area contributed by atoms with Crippen LogP contribution in [0.15, 0.2) is 22.6 Å². The van der Waals surface area contributed by atoms with Crippen molar-refractivity contribution in [3.63, 3.8) is 0 Å². The number of esters is 1. The highest BCUT2D eigenvalue weighted by Crippen LogP contribution is 2.11. The van der Waals surface area contributed by atoms with E-state index >= 15 is 0 Å². The first-order valence-electron chi connectivity index (χ1n) is 6.11. The third-order valence-electron chi connectivity index (χ3n) is 2.33. The van der Waals surface area contributed by atoms with Crippen LogP contribution in [0.4, 0.5) is 5.69 Å². The summed E-state index contributed by atoms with van der Waals surface area (Å²) in [6.45, 7) is 3.56. The SMILES string of the molecule is CCCCOC(=O)C(N=Nc1cnn(C)c1)C(C)=O. The van der Waals surface area contributed by atoms with Crippen molar-refractivity contribution in [3.8, 4) is 0 Å². The molecule has 0 saturated carbocycles. The molecule has 0 bridgehead atoms. The topological polar surface area (TPSA) is 85.9 Å². The van der Waals surface area contributed by atoms with Crippen LogP contribution in [0.25, 0.3) is 0 Å². The largest absolute Gasteiger partial charge is 0.464 e. The van der Waals surface area contributed by atoms with E-state index in [1.807, 2.05) is 6.92 Å². The molecule has 104 valence electrons. The van der Waals surface area contributed by atoms with Crippen molar-refractivity contribution in [2.24, 2.45) is 17.3 Å². The van der Waals surface area contributed by atoms with Gasteiger partial charge in [-0.1, -0.05) is 13.3 Å². The standard InChI is InChI=1S/C12H18N4O3/c1-4-5-6-19-12(18)11(9(2)17)15-14-10-7-13-16(3)8-10/h7-8,11H,4-6H2,1-3H3. The van der Waals surface area contributed by atoms with E-state index in [0.717, 1.165) is 12.8 Å².